The number of ether oxygens (including phenoxy) is 2. The molecule has 0 N–H and O–H groups in total. The number of carbonyl (C=O) groups excluding carboxylic acids is 1. The number of hydrogen-bond acceptors (Lipinski definition) is 6. The van der Waals surface area contributed by atoms with Crippen molar-refractivity contribution in [2.24, 2.45) is 5.92 Å². The minimum Gasteiger partial charge on any atom is -0.490 e. The highest BCUT2D eigenvalue weighted by molar-refractivity contribution is 5.75. The molecule has 3 saturated heterocycles. The average molecular weight is 363 g/mol. The van der Waals surface area contributed by atoms with Crippen LogP contribution in [-0.4, -0.2) is 79.8 Å². The Morgan fingerprint density at radius 2 is 2.08 bits per heavy atom. The smallest absolute Gasteiger partial charge is 0.320 e. The molecule has 0 radical (unpaired) electrons. The topological polar surface area (TPSA) is 75.5 Å². The second-order valence-corrected chi connectivity index (χ2v) is 7.16. The summed E-state index contributed by atoms with van der Waals surface area (Å²) in [5.41, 5.74) is -0.169. The lowest BCUT2D eigenvalue weighted by Gasteiger charge is -2.33. The van der Waals surface area contributed by atoms with Crippen molar-refractivity contribution in [1.29, 1.82) is 0 Å². The molecule has 0 unspecified atom stereocenters. The Labute approximate surface area is 152 Å². The molecule has 2 amide bonds. The number of likely N-dealkylation sites (tertiary alicyclic amines) is 2. The highest BCUT2D eigenvalue weighted by Crippen LogP contribution is 2.33. The van der Waals surface area contributed by atoms with E-state index in [4.69, 9.17) is 13.9 Å². The van der Waals surface area contributed by atoms with Gasteiger partial charge in [0.15, 0.2) is 0 Å². The van der Waals surface area contributed by atoms with Crippen LogP contribution >= 0.6 is 0 Å². The van der Waals surface area contributed by atoms with Gasteiger partial charge < -0.3 is 23.7 Å². The van der Waals surface area contributed by atoms with Crippen LogP contribution in [-0.2, 0) is 11.3 Å². The fraction of sp³-hybridized carbons (Fsp3) is 0.667. The Kier molecular flexibility index (Phi) is 4.86. The number of methoxy groups -OCH3 is 1. The van der Waals surface area contributed by atoms with Crippen molar-refractivity contribution in [3.05, 3.63) is 28.3 Å². The minimum atomic E-state index is -0.169. The van der Waals surface area contributed by atoms with Crippen molar-refractivity contribution in [2.45, 2.75) is 19.0 Å². The first-order valence-corrected chi connectivity index (χ1v) is 9.17. The van der Waals surface area contributed by atoms with Crippen molar-refractivity contribution in [3.63, 3.8) is 0 Å². The van der Waals surface area contributed by atoms with Crippen molar-refractivity contribution >= 4 is 6.03 Å². The van der Waals surface area contributed by atoms with Gasteiger partial charge in [-0.2, -0.15) is 0 Å². The largest absolute Gasteiger partial charge is 0.490 e. The van der Waals surface area contributed by atoms with E-state index in [0.717, 1.165) is 26.1 Å². The molecule has 2 atom stereocenters. The molecule has 142 valence electrons. The third-order valence-electron chi connectivity index (χ3n) is 5.60. The molecular weight excluding hydrogens is 338 g/mol. The molecule has 4 rings (SSSR count). The summed E-state index contributed by atoms with van der Waals surface area (Å²) in [5.74, 6) is 1.33. The summed E-state index contributed by atoms with van der Waals surface area (Å²) >= 11 is 0. The van der Waals surface area contributed by atoms with E-state index in [1.807, 2.05) is 9.80 Å². The zero-order valence-corrected chi connectivity index (χ0v) is 15.1. The molecule has 3 fully saturated rings. The van der Waals surface area contributed by atoms with Crippen LogP contribution in [0, 0.1) is 5.92 Å². The second kappa shape index (κ2) is 7.28. The minimum absolute atomic E-state index is 0.138. The molecule has 0 spiro atoms. The first kappa shape index (κ1) is 17.4. The van der Waals surface area contributed by atoms with Crippen LogP contribution in [0.15, 0.2) is 21.5 Å². The van der Waals surface area contributed by atoms with Crippen LogP contribution in [0.2, 0.25) is 0 Å². The van der Waals surface area contributed by atoms with Crippen LogP contribution in [0.3, 0.4) is 0 Å². The molecule has 0 aromatic carbocycles. The average Bonchev–Trinajstić information content (AvgIpc) is 3.22. The molecule has 3 aliphatic heterocycles. The van der Waals surface area contributed by atoms with E-state index in [1.54, 1.807) is 0 Å². The van der Waals surface area contributed by atoms with Gasteiger partial charge in [0.1, 0.15) is 12.0 Å². The summed E-state index contributed by atoms with van der Waals surface area (Å²) < 4.78 is 15.8. The monoisotopic (exact) mass is 363 g/mol. The van der Waals surface area contributed by atoms with Crippen molar-refractivity contribution < 1.29 is 18.7 Å². The van der Waals surface area contributed by atoms with E-state index in [9.17, 15) is 9.59 Å². The van der Waals surface area contributed by atoms with E-state index >= 15 is 0 Å². The zero-order valence-electron chi connectivity index (χ0n) is 15.1. The summed E-state index contributed by atoms with van der Waals surface area (Å²) in [6, 6.07) is 1.87. The lowest BCUT2D eigenvalue weighted by Crippen LogP contribution is -2.50. The molecule has 26 heavy (non-hydrogen) atoms. The van der Waals surface area contributed by atoms with Gasteiger partial charge in [0.2, 0.25) is 11.2 Å². The summed E-state index contributed by atoms with van der Waals surface area (Å²) in [7, 11) is 1.45. The van der Waals surface area contributed by atoms with Gasteiger partial charge in [-0.1, -0.05) is 0 Å². The number of amides is 2. The number of morpholine rings is 1. The Bertz CT molecular complexity index is 715. The lowest BCUT2D eigenvalue weighted by atomic mass is 10.1. The molecule has 1 aromatic heterocycles. The predicted molar refractivity (Wildman–Crippen MR) is 93.2 cm³/mol. The Balaban J connectivity index is 1.39. The normalized spacial score (nSPS) is 26.2. The van der Waals surface area contributed by atoms with Crippen LogP contribution in [0.4, 0.5) is 4.79 Å². The molecule has 4 heterocycles. The van der Waals surface area contributed by atoms with Gasteiger partial charge >= 0.3 is 6.03 Å². The van der Waals surface area contributed by atoms with Gasteiger partial charge in [-0.25, -0.2) is 4.79 Å². The summed E-state index contributed by atoms with van der Waals surface area (Å²) in [6.07, 6.45) is 2.40. The van der Waals surface area contributed by atoms with Gasteiger partial charge in [-0.3, -0.25) is 9.69 Å². The number of rotatable bonds is 3. The van der Waals surface area contributed by atoms with Gasteiger partial charge in [-0.05, 0) is 12.3 Å². The van der Waals surface area contributed by atoms with E-state index < -0.39 is 0 Å². The maximum absolute atomic E-state index is 12.8. The zero-order chi connectivity index (χ0) is 18.1. The number of fused-ring (bicyclic) bond motifs is 1. The third kappa shape index (κ3) is 3.31. The van der Waals surface area contributed by atoms with Crippen molar-refractivity contribution in [1.82, 2.24) is 14.7 Å². The third-order valence-corrected chi connectivity index (χ3v) is 5.60. The van der Waals surface area contributed by atoms with Crippen LogP contribution in [0.1, 0.15) is 12.2 Å². The highest BCUT2D eigenvalue weighted by atomic mass is 16.5. The Morgan fingerprint density at radius 1 is 1.27 bits per heavy atom. The van der Waals surface area contributed by atoms with Gasteiger partial charge in [0, 0.05) is 38.8 Å². The molecule has 1 aromatic rings. The van der Waals surface area contributed by atoms with Gasteiger partial charge in [-0.15, -0.1) is 0 Å². The van der Waals surface area contributed by atoms with Crippen molar-refractivity contribution in [3.8, 4) is 5.75 Å². The quantitative estimate of drug-likeness (QED) is 0.783. The SMILES string of the molecule is COc1coc(CN2C[C@@H]3CCN(C(=O)N4CCOCC4)[C@@H]3C2)cc1=O. The molecular formula is C18H25N3O5. The summed E-state index contributed by atoms with van der Waals surface area (Å²) in [5, 5.41) is 0. The van der Waals surface area contributed by atoms with E-state index in [-0.39, 0.29) is 23.3 Å². The molecule has 0 saturated carbocycles. The van der Waals surface area contributed by atoms with Crippen LogP contribution < -0.4 is 10.2 Å². The summed E-state index contributed by atoms with van der Waals surface area (Å²) in [4.78, 5) is 30.9. The molecule has 0 bridgehead atoms. The number of carbonyl (C=O) groups is 1. The number of hydrogen-bond donors (Lipinski definition) is 0. The standard InChI is InChI=1S/C18H25N3O5/c1-24-17-12-26-14(8-16(17)22)10-19-9-13-2-3-21(15(13)11-19)18(23)20-4-6-25-7-5-20/h8,12-13,15H,2-7,9-11H2,1H3/t13-,15+/m0/s1. The maximum Gasteiger partial charge on any atom is 0.320 e. The maximum atomic E-state index is 12.8. The van der Waals surface area contributed by atoms with Gasteiger partial charge in [0.25, 0.3) is 0 Å². The van der Waals surface area contributed by atoms with Crippen LogP contribution in [0.5, 0.6) is 5.75 Å². The highest BCUT2D eigenvalue weighted by Gasteiger charge is 2.44. The molecule has 8 nitrogen and oxygen atoms in total. The fourth-order valence-corrected chi connectivity index (χ4v) is 4.24. The fourth-order valence-electron chi connectivity index (χ4n) is 4.24. The van der Waals surface area contributed by atoms with E-state index in [0.29, 0.717) is 44.5 Å². The Morgan fingerprint density at radius 3 is 2.81 bits per heavy atom. The Hall–Kier alpha value is -2.06. The van der Waals surface area contributed by atoms with E-state index in [1.165, 1.54) is 19.4 Å². The molecule has 8 heteroatoms. The first-order chi connectivity index (χ1) is 12.7. The second-order valence-electron chi connectivity index (χ2n) is 7.16. The number of urea groups is 1. The van der Waals surface area contributed by atoms with Crippen molar-refractivity contribution in [2.75, 3.05) is 53.0 Å². The summed E-state index contributed by atoms with van der Waals surface area (Å²) in [6.45, 7) is 5.74. The van der Waals surface area contributed by atoms with Gasteiger partial charge in [0.05, 0.1) is 32.9 Å². The first-order valence-electron chi connectivity index (χ1n) is 9.17. The number of nitrogens with zero attached hydrogens (tertiary/aromatic N) is 3. The predicted octanol–water partition coefficient (Wildman–Crippen LogP) is 0.607. The molecule has 0 aliphatic carbocycles. The molecule has 3 aliphatic rings. The van der Waals surface area contributed by atoms with E-state index in [2.05, 4.69) is 4.90 Å². The lowest BCUT2D eigenvalue weighted by molar-refractivity contribution is 0.0417. The van der Waals surface area contributed by atoms with Crippen LogP contribution in [0.25, 0.3) is 0 Å².